The van der Waals surface area contributed by atoms with Gasteiger partial charge in [-0.1, -0.05) is 0 Å². The van der Waals surface area contributed by atoms with Gasteiger partial charge in [0.2, 0.25) is 0 Å². The number of nitrogens with one attached hydrogen (secondary N) is 2. The second-order valence-corrected chi connectivity index (χ2v) is 4.09. The second-order valence-electron chi connectivity index (χ2n) is 4.09. The monoisotopic (exact) mass is 268 g/mol. The molecule has 8 heteroatoms. The first kappa shape index (κ1) is 14.7. The maximum atomic E-state index is 11.8. The highest BCUT2D eigenvalue weighted by molar-refractivity contribution is 5.82. The van der Waals surface area contributed by atoms with Crippen molar-refractivity contribution in [1.29, 1.82) is 0 Å². The molecule has 1 saturated heterocycles. The molecule has 1 atom stereocenters. The molecule has 1 amide bonds. The molecule has 0 aromatic heterocycles. The lowest BCUT2D eigenvalue weighted by Gasteiger charge is -2.22. The van der Waals surface area contributed by atoms with Gasteiger partial charge in [-0.25, -0.2) is 4.79 Å². The van der Waals surface area contributed by atoms with Gasteiger partial charge in [-0.15, -0.1) is 0 Å². The van der Waals surface area contributed by atoms with Crippen molar-refractivity contribution < 1.29 is 27.5 Å². The first-order valence-electron chi connectivity index (χ1n) is 5.61. The molecule has 0 aromatic rings. The normalized spacial score (nSPS) is 20.3. The molecule has 1 aliphatic rings. The Hall–Kier alpha value is -1.31. The largest absolute Gasteiger partial charge is 0.490 e. The fourth-order valence-corrected chi connectivity index (χ4v) is 1.62. The van der Waals surface area contributed by atoms with Crippen molar-refractivity contribution in [1.82, 2.24) is 10.6 Å². The highest BCUT2D eigenvalue weighted by atomic mass is 19.4. The van der Waals surface area contributed by atoms with Crippen molar-refractivity contribution in [3.05, 3.63) is 0 Å². The van der Waals surface area contributed by atoms with Gasteiger partial charge in [0.25, 0.3) is 5.91 Å². The van der Waals surface area contributed by atoms with E-state index in [2.05, 4.69) is 15.4 Å². The standard InChI is InChI=1S/C10H15F3N2O3/c11-10(12,13)9(17)18-6-8(16)15-5-7-2-1-3-14-4-7/h7,14H,1-6H2,(H,15,16)/t7-/m0/s1. The van der Waals surface area contributed by atoms with Crippen molar-refractivity contribution in [2.75, 3.05) is 26.2 Å². The number of esters is 1. The molecule has 0 spiro atoms. The van der Waals surface area contributed by atoms with Crippen LogP contribution in [0.4, 0.5) is 13.2 Å². The first-order valence-corrected chi connectivity index (χ1v) is 5.61. The van der Waals surface area contributed by atoms with Crippen LogP contribution in [-0.4, -0.2) is 44.3 Å². The van der Waals surface area contributed by atoms with Gasteiger partial charge in [0.1, 0.15) is 0 Å². The summed E-state index contributed by atoms with van der Waals surface area (Å²) < 4.78 is 39.1. The fourth-order valence-electron chi connectivity index (χ4n) is 1.62. The average molecular weight is 268 g/mol. The molecule has 0 radical (unpaired) electrons. The lowest BCUT2D eigenvalue weighted by atomic mass is 10.00. The van der Waals surface area contributed by atoms with Crippen molar-refractivity contribution in [3.8, 4) is 0 Å². The van der Waals surface area contributed by atoms with E-state index >= 15 is 0 Å². The Labute approximate surface area is 102 Å². The number of carbonyl (C=O) groups is 2. The summed E-state index contributed by atoms with van der Waals surface area (Å²) >= 11 is 0. The molecule has 0 saturated carbocycles. The Balaban J connectivity index is 2.15. The van der Waals surface area contributed by atoms with E-state index in [-0.39, 0.29) is 5.92 Å². The molecular weight excluding hydrogens is 253 g/mol. The van der Waals surface area contributed by atoms with Crippen LogP contribution >= 0.6 is 0 Å². The Morgan fingerprint density at radius 1 is 1.39 bits per heavy atom. The predicted molar refractivity (Wildman–Crippen MR) is 55.6 cm³/mol. The van der Waals surface area contributed by atoms with Crippen molar-refractivity contribution in [3.63, 3.8) is 0 Å². The summed E-state index contributed by atoms with van der Waals surface area (Å²) in [6.07, 6.45) is -3.10. The number of piperidine rings is 1. The van der Waals surface area contributed by atoms with Crippen LogP contribution in [0.2, 0.25) is 0 Å². The molecule has 1 heterocycles. The average Bonchev–Trinajstić information content (AvgIpc) is 2.33. The van der Waals surface area contributed by atoms with Crippen LogP contribution in [0.25, 0.3) is 0 Å². The molecule has 5 nitrogen and oxygen atoms in total. The summed E-state index contributed by atoms with van der Waals surface area (Å²) in [5, 5.41) is 5.58. The quantitative estimate of drug-likeness (QED) is 0.715. The van der Waals surface area contributed by atoms with Gasteiger partial charge >= 0.3 is 12.1 Å². The third-order valence-corrected chi connectivity index (χ3v) is 2.55. The van der Waals surface area contributed by atoms with Gasteiger partial charge < -0.3 is 15.4 Å². The van der Waals surface area contributed by atoms with Gasteiger partial charge in [0.15, 0.2) is 6.61 Å². The predicted octanol–water partition coefficient (Wildman–Crippen LogP) is 0.208. The molecule has 0 unspecified atom stereocenters. The molecule has 2 N–H and O–H groups in total. The van der Waals surface area contributed by atoms with E-state index < -0.39 is 24.7 Å². The summed E-state index contributed by atoms with van der Waals surface area (Å²) in [6.45, 7) is 1.17. The summed E-state index contributed by atoms with van der Waals surface area (Å²) in [7, 11) is 0. The second kappa shape index (κ2) is 6.58. The smallest absolute Gasteiger partial charge is 0.449 e. The first-order chi connectivity index (χ1) is 8.39. The molecule has 1 rings (SSSR count). The molecule has 104 valence electrons. The molecule has 1 fully saturated rings. The van der Waals surface area contributed by atoms with Crippen LogP contribution in [0.3, 0.4) is 0 Å². The van der Waals surface area contributed by atoms with Crippen molar-refractivity contribution in [2.45, 2.75) is 19.0 Å². The molecule has 0 aliphatic carbocycles. The molecule has 0 bridgehead atoms. The Kier molecular flexibility index (Phi) is 5.39. The Bertz CT molecular complexity index is 301. The molecule has 18 heavy (non-hydrogen) atoms. The minimum Gasteiger partial charge on any atom is -0.449 e. The summed E-state index contributed by atoms with van der Waals surface area (Å²) in [5.74, 6) is -2.81. The summed E-state index contributed by atoms with van der Waals surface area (Å²) in [6, 6.07) is 0. The van der Waals surface area contributed by atoms with Crippen molar-refractivity contribution >= 4 is 11.9 Å². The molecule has 0 aromatic carbocycles. The highest BCUT2D eigenvalue weighted by Gasteiger charge is 2.41. The lowest BCUT2D eigenvalue weighted by molar-refractivity contribution is -0.200. The van der Waals surface area contributed by atoms with E-state index in [9.17, 15) is 22.8 Å². The number of hydrogen-bond donors (Lipinski definition) is 2. The zero-order chi connectivity index (χ0) is 13.6. The summed E-state index contributed by atoms with van der Waals surface area (Å²) in [4.78, 5) is 21.5. The van der Waals surface area contributed by atoms with E-state index in [1.165, 1.54) is 0 Å². The Morgan fingerprint density at radius 3 is 2.67 bits per heavy atom. The van der Waals surface area contributed by atoms with E-state index in [1.807, 2.05) is 0 Å². The number of hydrogen-bond acceptors (Lipinski definition) is 4. The number of ether oxygens (including phenoxy) is 1. The minimum atomic E-state index is -5.06. The maximum Gasteiger partial charge on any atom is 0.490 e. The number of halogens is 3. The van der Waals surface area contributed by atoms with Crippen LogP contribution in [0, 0.1) is 5.92 Å². The Morgan fingerprint density at radius 2 is 2.11 bits per heavy atom. The third kappa shape index (κ3) is 5.35. The number of rotatable bonds is 4. The SMILES string of the molecule is O=C(COC(=O)C(F)(F)F)NC[C@H]1CCCNC1. The van der Waals surface area contributed by atoms with Crippen LogP contribution < -0.4 is 10.6 Å². The fraction of sp³-hybridized carbons (Fsp3) is 0.800. The number of carbonyl (C=O) groups excluding carboxylic acids is 2. The van der Waals surface area contributed by atoms with E-state index in [1.54, 1.807) is 0 Å². The highest BCUT2D eigenvalue weighted by Crippen LogP contribution is 2.16. The van der Waals surface area contributed by atoms with Crippen LogP contribution in [-0.2, 0) is 14.3 Å². The number of alkyl halides is 3. The minimum absolute atomic E-state index is 0.265. The number of amides is 1. The van der Waals surface area contributed by atoms with Gasteiger partial charge in [-0.2, -0.15) is 13.2 Å². The van der Waals surface area contributed by atoms with E-state index in [0.29, 0.717) is 6.54 Å². The van der Waals surface area contributed by atoms with Gasteiger partial charge in [0, 0.05) is 6.54 Å². The third-order valence-electron chi connectivity index (χ3n) is 2.55. The zero-order valence-electron chi connectivity index (χ0n) is 9.68. The van der Waals surface area contributed by atoms with Crippen molar-refractivity contribution in [2.24, 2.45) is 5.92 Å². The van der Waals surface area contributed by atoms with E-state index in [4.69, 9.17) is 0 Å². The summed E-state index contributed by atoms with van der Waals surface area (Å²) in [5.41, 5.74) is 0. The van der Waals surface area contributed by atoms with Gasteiger partial charge in [0.05, 0.1) is 0 Å². The van der Waals surface area contributed by atoms with Crippen LogP contribution in [0.15, 0.2) is 0 Å². The zero-order valence-corrected chi connectivity index (χ0v) is 9.68. The topological polar surface area (TPSA) is 67.4 Å². The molecule has 1 aliphatic heterocycles. The van der Waals surface area contributed by atoms with Gasteiger partial charge in [-0.05, 0) is 31.8 Å². The molecular formula is C10H15F3N2O3. The lowest BCUT2D eigenvalue weighted by Crippen LogP contribution is -2.40. The van der Waals surface area contributed by atoms with E-state index in [0.717, 1.165) is 25.9 Å². The van der Waals surface area contributed by atoms with Gasteiger partial charge in [-0.3, -0.25) is 4.79 Å². The maximum absolute atomic E-state index is 11.8. The van der Waals surface area contributed by atoms with Crippen LogP contribution in [0.5, 0.6) is 0 Å². The van der Waals surface area contributed by atoms with Crippen LogP contribution in [0.1, 0.15) is 12.8 Å².